The van der Waals surface area contributed by atoms with Gasteiger partial charge < -0.3 is 10.6 Å². The predicted octanol–water partition coefficient (Wildman–Crippen LogP) is 4.22. The number of carbonyl (C=O) groups excluding carboxylic acids is 1. The molecule has 6 heteroatoms. The number of nitrogens with one attached hydrogen (secondary N) is 2. The first-order valence-corrected chi connectivity index (χ1v) is 7.24. The van der Waals surface area contributed by atoms with Crippen LogP contribution in [0.2, 0.25) is 10.0 Å². The molecular formula is C16H13Cl2N3O. The van der Waals surface area contributed by atoms with Crippen molar-refractivity contribution in [3.8, 4) is 6.07 Å². The van der Waals surface area contributed by atoms with Gasteiger partial charge in [0.2, 0.25) is 5.91 Å². The highest BCUT2D eigenvalue weighted by atomic mass is 35.5. The molecule has 2 N–H and O–H groups in total. The Morgan fingerprint density at radius 1 is 1.18 bits per heavy atom. The van der Waals surface area contributed by atoms with E-state index in [9.17, 15) is 4.79 Å². The second-order valence-corrected chi connectivity index (χ2v) is 5.53. The highest BCUT2D eigenvalue weighted by Crippen LogP contribution is 2.23. The van der Waals surface area contributed by atoms with Crippen LogP contribution in [-0.2, 0) is 4.79 Å². The SMILES string of the molecule is Cc1ccc(NCC(=O)Nc2cc(Cl)ccc2C#N)c(Cl)c1. The third-order valence-electron chi connectivity index (χ3n) is 2.94. The number of aryl methyl sites for hydroxylation is 1. The molecule has 0 saturated carbocycles. The number of hydrogen-bond donors (Lipinski definition) is 2. The average Bonchev–Trinajstić information content (AvgIpc) is 2.46. The first kappa shape index (κ1) is 16.2. The van der Waals surface area contributed by atoms with Crippen molar-refractivity contribution in [2.24, 2.45) is 0 Å². The molecule has 0 aromatic heterocycles. The minimum Gasteiger partial charge on any atom is -0.375 e. The average molecular weight is 334 g/mol. The number of benzene rings is 2. The van der Waals surface area contributed by atoms with Crippen molar-refractivity contribution >= 4 is 40.5 Å². The second kappa shape index (κ2) is 7.17. The Morgan fingerprint density at radius 3 is 2.64 bits per heavy atom. The summed E-state index contributed by atoms with van der Waals surface area (Å²) in [7, 11) is 0. The standard InChI is InChI=1S/C16H13Cl2N3O/c1-10-2-5-14(13(18)6-10)20-9-16(22)21-15-7-12(17)4-3-11(15)8-19/h2-7,20H,9H2,1H3,(H,21,22). The Balaban J connectivity index is 2.02. The first-order valence-electron chi connectivity index (χ1n) is 6.49. The van der Waals surface area contributed by atoms with E-state index in [1.165, 1.54) is 6.07 Å². The van der Waals surface area contributed by atoms with Gasteiger partial charge in [0.1, 0.15) is 6.07 Å². The zero-order chi connectivity index (χ0) is 16.1. The molecule has 2 rings (SSSR count). The number of carbonyl (C=O) groups is 1. The van der Waals surface area contributed by atoms with E-state index in [2.05, 4.69) is 10.6 Å². The molecule has 0 saturated heterocycles. The molecule has 0 aliphatic rings. The smallest absolute Gasteiger partial charge is 0.243 e. The van der Waals surface area contributed by atoms with Crippen LogP contribution in [0.3, 0.4) is 0 Å². The largest absolute Gasteiger partial charge is 0.375 e. The molecule has 0 radical (unpaired) electrons. The minimum atomic E-state index is -0.296. The highest BCUT2D eigenvalue weighted by molar-refractivity contribution is 6.33. The predicted molar refractivity (Wildman–Crippen MR) is 89.5 cm³/mol. The molecule has 0 unspecified atom stereocenters. The van der Waals surface area contributed by atoms with Crippen LogP contribution < -0.4 is 10.6 Å². The van der Waals surface area contributed by atoms with E-state index in [4.69, 9.17) is 28.5 Å². The van der Waals surface area contributed by atoms with Crippen molar-refractivity contribution in [2.75, 3.05) is 17.2 Å². The van der Waals surface area contributed by atoms with Crippen LogP contribution in [0, 0.1) is 18.3 Å². The topological polar surface area (TPSA) is 64.9 Å². The quantitative estimate of drug-likeness (QED) is 0.880. The number of hydrogen-bond acceptors (Lipinski definition) is 3. The van der Waals surface area contributed by atoms with E-state index >= 15 is 0 Å². The van der Waals surface area contributed by atoms with E-state index in [1.54, 1.807) is 12.1 Å². The lowest BCUT2D eigenvalue weighted by atomic mass is 10.2. The summed E-state index contributed by atoms with van der Waals surface area (Å²) in [6.07, 6.45) is 0. The maximum atomic E-state index is 12.0. The molecule has 0 aliphatic heterocycles. The summed E-state index contributed by atoms with van der Waals surface area (Å²) < 4.78 is 0. The molecule has 1 amide bonds. The number of rotatable bonds is 4. The van der Waals surface area contributed by atoms with Crippen molar-refractivity contribution < 1.29 is 4.79 Å². The van der Waals surface area contributed by atoms with Crippen LogP contribution in [0.15, 0.2) is 36.4 Å². The van der Waals surface area contributed by atoms with Gasteiger partial charge in [-0.15, -0.1) is 0 Å². The van der Waals surface area contributed by atoms with Crippen LogP contribution >= 0.6 is 23.2 Å². The van der Waals surface area contributed by atoms with Crippen molar-refractivity contribution in [3.63, 3.8) is 0 Å². The van der Waals surface area contributed by atoms with Crippen LogP contribution in [0.1, 0.15) is 11.1 Å². The first-order chi connectivity index (χ1) is 10.5. The Morgan fingerprint density at radius 2 is 1.95 bits per heavy atom. The molecular weight excluding hydrogens is 321 g/mol. The van der Waals surface area contributed by atoms with E-state index < -0.39 is 0 Å². The lowest BCUT2D eigenvalue weighted by molar-refractivity contribution is -0.114. The Hall–Kier alpha value is -2.22. The van der Waals surface area contributed by atoms with Gasteiger partial charge in [0, 0.05) is 5.02 Å². The number of nitriles is 1. The van der Waals surface area contributed by atoms with Crippen molar-refractivity contribution in [1.82, 2.24) is 0 Å². The van der Waals surface area contributed by atoms with Gasteiger partial charge in [0.25, 0.3) is 0 Å². The molecule has 0 heterocycles. The molecule has 0 atom stereocenters. The van der Waals surface area contributed by atoms with Crippen molar-refractivity contribution in [2.45, 2.75) is 6.92 Å². The van der Waals surface area contributed by atoms with Gasteiger partial charge in [-0.1, -0.05) is 29.3 Å². The fraction of sp³-hybridized carbons (Fsp3) is 0.125. The third kappa shape index (κ3) is 4.14. The monoisotopic (exact) mass is 333 g/mol. The molecule has 22 heavy (non-hydrogen) atoms. The fourth-order valence-electron chi connectivity index (χ4n) is 1.85. The minimum absolute atomic E-state index is 0.0279. The molecule has 0 fully saturated rings. The normalized spacial score (nSPS) is 9.91. The molecule has 4 nitrogen and oxygen atoms in total. The van der Waals surface area contributed by atoms with Gasteiger partial charge >= 0.3 is 0 Å². The Kier molecular flexibility index (Phi) is 5.26. The van der Waals surface area contributed by atoms with Crippen LogP contribution in [-0.4, -0.2) is 12.5 Å². The van der Waals surface area contributed by atoms with Gasteiger partial charge in [-0.3, -0.25) is 4.79 Å². The molecule has 0 bridgehead atoms. The summed E-state index contributed by atoms with van der Waals surface area (Å²) in [5.74, 6) is -0.296. The lowest BCUT2D eigenvalue weighted by Crippen LogP contribution is -2.22. The zero-order valence-corrected chi connectivity index (χ0v) is 13.3. The van der Waals surface area contributed by atoms with E-state index in [0.29, 0.717) is 27.0 Å². The third-order valence-corrected chi connectivity index (χ3v) is 3.49. The fourth-order valence-corrected chi connectivity index (χ4v) is 2.32. The lowest BCUT2D eigenvalue weighted by Gasteiger charge is -2.10. The zero-order valence-electron chi connectivity index (χ0n) is 11.8. The number of anilines is 2. The van der Waals surface area contributed by atoms with Crippen molar-refractivity contribution in [3.05, 3.63) is 57.6 Å². The highest BCUT2D eigenvalue weighted by Gasteiger charge is 2.08. The van der Waals surface area contributed by atoms with E-state index in [1.807, 2.05) is 31.2 Å². The summed E-state index contributed by atoms with van der Waals surface area (Å²) in [4.78, 5) is 12.0. The summed E-state index contributed by atoms with van der Waals surface area (Å²) in [5, 5.41) is 15.6. The second-order valence-electron chi connectivity index (χ2n) is 4.69. The number of halogens is 2. The molecule has 112 valence electrons. The van der Waals surface area contributed by atoms with E-state index in [0.717, 1.165) is 5.56 Å². The maximum absolute atomic E-state index is 12.0. The summed E-state index contributed by atoms with van der Waals surface area (Å²) in [5.41, 5.74) is 2.45. The number of nitrogens with zero attached hydrogens (tertiary/aromatic N) is 1. The van der Waals surface area contributed by atoms with Gasteiger partial charge in [-0.05, 0) is 42.8 Å². The molecule has 2 aromatic carbocycles. The van der Waals surface area contributed by atoms with Gasteiger partial charge in [-0.2, -0.15) is 5.26 Å². The Bertz CT molecular complexity index is 754. The van der Waals surface area contributed by atoms with Gasteiger partial charge in [0.05, 0.1) is 28.5 Å². The van der Waals surface area contributed by atoms with Crippen LogP contribution in [0.25, 0.3) is 0 Å². The summed E-state index contributed by atoms with van der Waals surface area (Å²) in [6, 6.07) is 12.2. The van der Waals surface area contributed by atoms with Crippen LogP contribution in [0.5, 0.6) is 0 Å². The van der Waals surface area contributed by atoms with Gasteiger partial charge in [0.15, 0.2) is 0 Å². The van der Waals surface area contributed by atoms with Crippen molar-refractivity contribution in [1.29, 1.82) is 5.26 Å². The summed E-state index contributed by atoms with van der Waals surface area (Å²) >= 11 is 12.0. The maximum Gasteiger partial charge on any atom is 0.243 e. The molecule has 0 spiro atoms. The summed E-state index contributed by atoms with van der Waals surface area (Å²) in [6.45, 7) is 1.96. The Labute approximate surface area is 138 Å². The molecule has 2 aromatic rings. The van der Waals surface area contributed by atoms with Crippen LogP contribution in [0.4, 0.5) is 11.4 Å². The molecule has 0 aliphatic carbocycles. The van der Waals surface area contributed by atoms with Gasteiger partial charge in [-0.25, -0.2) is 0 Å². The van der Waals surface area contributed by atoms with E-state index in [-0.39, 0.29) is 12.5 Å². The number of amides is 1.